The summed E-state index contributed by atoms with van der Waals surface area (Å²) in [5.74, 6) is 0.895. The third-order valence-electron chi connectivity index (χ3n) is 4.28. The lowest BCUT2D eigenvalue weighted by Gasteiger charge is -2.13. The van der Waals surface area contributed by atoms with Gasteiger partial charge in [-0.15, -0.1) is 13.2 Å². The highest BCUT2D eigenvalue weighted by atomic mass is 19.4. The summed E-state index contributed by atoms with van der Waals surface area (Å²) in [6.45, 7) is 0. The lowest BCUT2D eigenvalue weighted by atomic mass is 10.1. The second kappa shape index (κ2) is 7.87. The van der Waals surface area contributed by atoms with Crippen LogP contribution in [0.3, 0.4) is 0 Å². The van der Waals surface area contributed by atoms with Crippen molar-refractivity contribution in [2.24, 2.45) is 10.7 Å². The maximum atomic E-state index is 12.6. The number of nitrogens with one attached hydrogen (secondary N) is 1. The quantitative estimate of drug-likeness (QED) is 0.573. The molecule has 3 rings (SSSR count). The van der Waals surface area contributed by atoms with Gasteiger partial charge >= 0.3 is 6.36 Å². The number of hydrogen-bond donors (Lipinski definition) is 2. The molecule has 28 heavy (non-hydrogen) atoms. The smallest absolute Gasteiger partial charge is 0.497 e. The number of guanidine groups is 1. The highest BCUT2D eigenvalue weighted by Crippen LogP contribution is 2.47. The van der Waals surface area contributed by atoms with Gasteiger partial charge in [-0.1, -0.05) is 18.2 Å². The SMILES string of the molecule is COc1ccc(OC)c(NC(N)=NC2CC2c2ccccc2OC(F)(F)F)c1. The van der Waals surface area contributed by atoms with Crippen molar-refractivity contribution in [3.8, 4) is 17.2 Å². The predicted octanol–water partition coefficient (Wildman–Crippen LogP) is 3.89. The van der Waals surface area contributed by atoms with E-state index in [0.29, 0.717) is 29.2 Å². The number of aliphatic imine (C=N–C) groups is 1. The molecular weight excluding hydrogens is 375 g/mol. The Morgan fingerprint density at radius 3 is 2.54 bits per heavy atom. The Labute approximate surface area is 160 Å². The molecule has 9 heteroatoms. The first-order chi connectivity index (χ1) is 13.3. The molecule has 150 valence electrons. The van der Waals surface area contributed by atoms with E-state index in [1.54, 1.807) is 30.3 Å². The first-order valence-electron chi connectivity index (χ1n) is 8.47. The van der Waals surface area contributed by atoms with Crippen LogP contribution >= 0.6 is 0 Å². The molecule has 2 unspecified atom stereocenters. The Morgan fingerprint density at radius 2 is 1.86 bits per heavy atom. The fourth-order valence-electron chi connectivity index (χ4n) is 2.92. The van der Waals surface area contributed by atoms with E-state index < -0.39 is 6.36 Å². The van der Waals surface area contributed by atoms with Gasteiger partial charge in [-0.3, -0.25) is 0 Å². The second-order valence-corrected chi connectivity index (χ2v) is 6.20. The van der Waals surface area contributed by atoms with Gasteiger partial charge in [-0.05, 0) is 30.2 Å². The van der Waals surface area contributed by atoms with Crippen molar-refractivity contribution in [1.29, 1.82) is 0 Å². The van der Waals surface area contributed by atoms with Crippen molar-refractivity contribution in [1.82, 2.24) is 0 Å². The van der Waals surface area contributed by atoms with Crippen molar-refractivity contribution in [3.05, 3.63) is 48.0 Å². The molecule has 0 saturated heterocycles. The van der Waals surface area contributed by atoms with Crippen LogP contribution in [0.4, 0.5) is 18.9 Å². The number of halogens is 3. The summed E-state index contributed by atoms with van der Waals surface area (Å²) < 4.78 is 52.3. The molecule has 0 spiro atoms. The average Bonchev–Trinajstić information content (AvgIpc) is 3.39. The van der Waals surface area contributed by atoms with E-state index >= 15 is 0 Å². The van der Waals surface area contributed by atoms with E-state index in [1.165, 1.54) is 26.4 Å². The summed E-state index contributed by atoms with van der Waals surface area (Å²) >= 11 is 0. The zero-order valence-corrected chi connectivity index (χ0v) is 15.3. The summed E-state index contributed by atoms with van der Waals surface area (Å²) in [4.78, 5) is 4.36. The van der Waals surface area contributed by atoms with Crippen LogP contribution in [0.15, 0.2) is 47.5 Å². The van der Waals surface area contributed by atoms with Crippen molar-refractivity contribution in [2.75, 3.05) is 19.5 Å². The number of ether oxygens (including phenoxy) is 3. The van der Waals surface area contributed by atoms with E-state index in [4.69, 9.17) is 15.2 Å². The molecule has 0 amide bonds. The molecule has 0 aromatic heterocycles. The molecule has 2 aromatic rings. The largest absolute Gasteiger partial charge is 0.573 e. The Balaban J connectivity index is 1.72. The predicted molar refractivity (Wildman–Crippen MR) is 99.1 cm³/mol. The van der Waals surface area contributed by atoms with Crippen molar-refractivity contribution in [2.45, 2.75) is 24.7 Å². The maximum absolute atomic E-state index is 12.6. The fourth-order valence-corrected chi connectivity index (χ4v) is 2.92. The van der Waals surface area contributed by atoms with Crippen molar-refractivity contribution < 1.29 is 27.4 Å². The number of anilines is 1. The number of nitrogens with two attached hydrogens (primary N) is 1. The van der Waals surface area contributed by atoms with Gasteiger partial charge < -0.3 is 25.3 Å². The number of alkyl halides is 3. The number of methoxy groups -OCH3 is 2. The molecule has 1 aliphatic carbocycles. The Bertz CT molecular complexity index is 871. The number of nitrogens with zero attached hydrogens (tertiary/aromatic N) is 1. The van der Waals surface area contributed by atoms with E-state index in [0.717, 1.165) is 0 Å². The number of para-hydroxylation sites is 1. The zero-order chi connectivity index (χ0) is 20.3. The Hall–Kier alpha value is -3.10. The minimum absolute atomic E-state index is 0.133. The lowest BCUT2D eigenvalue weighted by molar-refractivity contribution is -0.274. The first kappa shape index (κ1) is 19.7. The second-order valence-electron chi connectivity index (χ2n) is 6.20. The van der Waals surface area contributed by atoms with Gasteiger partial charge in [0.05, 0.1) is 25.9 Å². The minimum atomic E-state index is -4.74. The molecule has 0 radical (unpaired) electrons. The van der Waals surface area contributed by atoms with Gasteiger partial charge in [0.15, 0.2) is 5.96 Å². The van der Waals surface area contributed by atoms with Crippen LogP contribution < -0.4 is 25.3 Å². The van der Waals surface area contributed by atoms with Crippen LogP contribution in [0.2, 0.25) is 0 Å². The summed E-state index contributed by atoms with van der Waals surface area (Å²) in [6, 6.07) is 11.0. The van der Waals surface area contributed by atoms with Gasteiger partial charge in [0, 0.05) is 12.0 Å². The monoisotopic (exact) mass is 395 g/mol. The van der Waals surface area contributed by atoms with Gasteiger partial charge in [-0.25, -0.2) is 4.99 Å². The van der Waals surface area contributed by atoms with Crippen molar-refractivity contribution >= 4 is 11.6 Å². The summed E-state index contributed by atoms with van der Waals surface area (Å²) in [6.07, 6.45) is -4.16. The molecule has 1 aliphatic rings. The van der Waals surface area contributed by atoms with E-state index in [9.17, 15) is 13.2 Å². The molecule has 2 aromatic carbocycles. The first-order valence-corrected chi connectivity index (χ1v) is 8.47. The topological polar surface area (TPSA) is 78.1 Å². The number of benzene rings is 2. The highest BCUT2D eigenvalue weighted by Gasteiger charge is 2.42. The molecule has 6 nitrogen and oxygen atoms in total. The van der Waals surface area contributed by atoms with Crippen LogP contribution in [-0.2, 0) is 0 Å². The normalized spacial score (nSPS) is 19.1. The van der Waals surface area contributed by atoms with E-state index in [2.05, 4.69) is 15.0 Å². The van der Waals surface area contributed by atoms with Gasteiger partial charge in [-0.2, -0.15) is 0 Å². The summed E-state index contributed by atoms with van der Waals surface area (Å²) in [7, 11) is 3.06. The number of rotatable bonds is 6. The Morgan fingerprint density at radius 1 is 1.11 bits per heavy atom. The van der Waals surface area contributed by atoms with Gasteiger partial charge in [0.25, 0.3) is 0 Å². The summed E-state index contributed by atoms with van der Waals surface area (Å²) in [5, 5.41) is 2.94. The third kappa shape index (κ3) is 4.79. The van der Waals surface area contributed by atoms with E-state index in [-0.39, 0.29) is 23.7 Å². The molecule has 1 saturated carbocycles. The van der Waals surface area contributed by atoms with Crippen molar-refractivity contribution in [3.63, 3.8) is 0 Å². The molecular formula is C19H20F3N3O3. The molecule has 0 aliphatic heterocycles. The van der Waals surface area contributed by atoms with Gasteiger partial charge in [0.2, 0.25) is 0 Å². The molecule has 0 heterocycles. The van der Waals surface area contributed by atoms with E-state index in [1.807, 2.05) is 0 Å². The molecule has 1 fully saturated rings. The van der Waals surface area contributed by atoms with Crippen LogP contribution in [0.25, 0.3) is 0 Å². The zero-order valence-electron chi connectivity index (χ0n) is 15.3. The van der Waals surface area contributed by atoms with Gasteiger partial charge in [0.1, 0.15) is 17.2 Å². The van der Waals surface area contributed by atoms with Crippen LogP contribution in [0.1, 0.15) is 17.9 Å². The average molecular weight is 395 g/mol. The fraction of sp³-hybridized carbons (Fsp3) is 0.316. The minimum Gasteiger partial charge on any atom is -0.497 e. The molecule has 2 atom stereocenters. The Kier molecular flexibility index (Phi) is 5.53. The molecule has 0 bridgehead atoms. The van der Waals surface area contributed by atoms with Crippen LogP contribution in [-0.4, -0.2) is 32.6 Å². The summed E-state index contributed by atoms with van der Waals surface area (Å²) in [5.41, 5.74) is 7.00. The maximum Gasteiger partial charge on any atom is 0.573 e. The highest BCUT2D eigenvalue weighted by molar-refractivity contribution is 5.94. The van der Waals surface area contributed by atoms with Crippen LogP contribution in [0.5, 0.6) is 17.2 Å². The van der Waals surface area contributed by atoms with Crippen LogP contribution in [0, 0.1) is 0 Å². The third-order valence-corrected chi connectivity index (χ3v) is 4.28. The lowest BCUT2D eigenvalue weighted by Crippen LogP contribution is -2.23. The molecule has 3 N–H and O–H groups in total. The number of hydrogen-bond acceptors (Lipinski definition) is 4. The standard InChI is InChI=1S/C19H20F3N3O3/c1-26-11-7-8-17(27-2)15(9-11)25-18(23)24-14-10-13(14)12-5-3-4-6-16(12)28-19(20,21)22/h3-9,13-14H,10H2,1-2H3,(H3,23,24,25).